The number of methoxy groups -OCH3 is 1. The summed E-state index contributed by atoms with van der Waals surface area (Å²) in [5, 5.41) is 0. The Balaban J connectivity index is 2.66. The topological polar surface area (TPSA) is 78.6 Å². The highest BCUT2D eigenvalue weighted by Gasteiger charge is 2.11. The van der Waals surface area contributed by atoms with Crippen LogP contribution in [-0.2, 0) is 16.3 Å². The lowest BCUT2D eigenvalue weighted by atomic mass is 10.1. The monoisotopic (exact) mass is 301 g/mol. The minimum Gasteiger partial charge on any atom is -0.493 e. The van der Waals surface area contributed by atoms with Crippen molar-refractivity contribution >= 4 is 9.84 Å². The van der Waals surface area contributed by atoms with Crippen LogP contribution >= 0.6 is 0 Å². The molecule has 0 aliphatic heterocycles. The van der Waals surface area contributed by atoms with E-state index in [1.807, 2.05) is 18.2 Å². The average molecular weight is 301 g/mol. The van der Waals surface area contributed by atoms with Crippen LogP contribution in [-0.4, -0.2) is 40.2 Å². The molecule has 0 atom stereocenters. The third-order valence-corrected chi connectivity index (χ3v) is 4.77. The van der Waals surface area contributed by atoms with Crippen LogP contribution in [0.3, 0.4) is 0 Å². The Hall–Kier alpha value is -1.27. The largest absolute Gasteiger partial charge is 0.493 e. The molecular weight excluding hydrogens is 278 g/mol. The normalized spacial score (nSPS) is 11.3. The Labute approximate surface area is 121 Å². The van der Waals surface area contributed by atoms with E-state index in [1.54, 1.807) is 14.0 Å². The molecule has 5 nitrogen and oxygen atoms in total. The summed E-state index contributed by atoms with van der Waals surface area (Å²) < 4.78 is 33.8. The van der Waals surface area contributed by atoms with Crippen molar-refractivity contribution in [2.75, 3.05) is 31.8 Å². The summed E-state index contributed by atoms with van der Waals surface area (Å²) in [6.07, 6.45) is 1.16. The molecule has 0 bridgehead atoms. The molecule has 1 rings (SSSR count). The Morgan fingerprint density at radius 3 is 2.65 bits per heavy atom. The van der Waals surface area contributed by atoms with E-state index in [0.29, 0.717) is 37.5 Å². The van der Waals surface area contributed by atoms with Gasteiger partial charge >= 0.3 is 0 Å². The number of benzene rings is 1. The molecular formula is C14H23NO4S. The van der Waals surface area contributed by atoms with Crippen molar-refractivity contribution in [2.45, 2.75) is 19.8 Å². The van der Waals surface area contributed by atoms with E-state index in [4.69, 9.17) is 15.2 Å². The van der Waals surface area contributed by atoms with Gasteiger partial charge in [-0.3, -0.25) is 0 Å². The van der Waals surface area contributed by atoms with Gasteiger partial charge in [-0.05, 0) is 31.0 Å². The number of hydrogen-bond acceptors (Lipinski definition) is 5. The highest BCUT2D eigenvalue weighted by atomic mass is 32.2. The second kappa shape index (κ2) is 8.11. The second-order valence-corrected chi connectivity index (χ2v) is 6.90. The quantitative estimate of drug-likeness (QED) is 0.698. The molecule has 6 heteroatoms. The molecule has 2 N–H and O–H groups in total. The summed E-state index contributed by atoms with van der Waals surface area (Å²) in [5.41, 5.74) is 6.55. The van der Waals surface area contributed by atoms with Crippen LogP contribution in [0.2, 0.25) is 0 Å². The van der Waals surface area contributed by atoms with E-state index < -0.39 is 9.84 Å². The SMILES string of the molecule is CCS(=O)(=O)CCCOc1c(CCN)cccc1OC. The number of nitrogens with two attached hydrogens (primary N) is 1. The molecule has 20 heavy (non-hydrogen) atoms. The lowest BCUT2D eigenvalue weighted by Gasteiger charge is -2.14. The minimum absolute atomic E-state index is 0.144. The zero-order valence-electron chi connectivity index (χ0n) is 12.1. The molecule has 0 saturated heterocycles. The molecule has 1 aromatic rings. The molecule has 114 valence electrons. The molecule has 0 unspecified atom stereocenters. The third-order valence-electron chi connectivity index (χ3n) is 2.98. The maximum Gasteiger partial charge on any atom is 0.164 e. The summed E-state index contributed by atoms with van der Waals surface area (Å²) in [4.78, 5) is 0. The lowest BCUT2D eigenvalue weighted by molar-refractivity contribution is 0.291. The fourth-order valence-electron chi connectivity index (χ4n) is 1.84. The molecule has 0 fully saturated rings. The third kappa shape index (κ3) is 5.02. The molecule has 0 heterocycles. The van der Waals surface area contributed by atoms with Crippen LogP contribution in [0.4, 0.5) is 0 Å². The van der Waals surface area contributed by atoms with Crippen LogP contribution in [0.5, 0.6) is 11.5 Å². The molecule has 0 aromatic heterocycles. The van der Waals surface area contributed by atoms with Gasteiger partial charge in [-0.15, -0.1) is 0 Å². The number of ether oxygens (including phenoxy) is 2. The van der Waals surface area contributed by atoms with Gasteiger partial charge in [0.15, 0.2) is 11.5 Å². The first-order valence-electron chi connectivity index (χ1n) is 6.73. The summed E-state index contributed by atoms with van der Waals surface area (Å²) in [5.74, 6) is 1.62. The van der Waals surface area contributed by atoms with Gasteiger partial charge in [0.2, 0.25) is 0 Å². The maximum atomic E-state index is 11.4. The van der Waals surface area contributed by atoms with Crippen LogP contribution in [0.15, 0.2) is 18.2 Å². The summed E-state index contributed by atoms with van der Waals surface area (Å²) in [7, 11) is -1.36. The van der Waals surface area contributed by atoms with Crippen molar-refractivity contribution in [3.8, 4) is 11.5 Å². The fraction of sp³-hybridized carbons (Fsp3) is 0.571. The van der Waals surface area contributed by atoms with Gasteiger partial charge in [0.25, 0.3) is 0 Å². The summed E-state index contributed by atoms with van der Waals surface area (Å²) in [6, 6.07) is 5.64. The van der Waals surface area contributed by atoms with Gasteiger partial charge in [0.1, 0.15) is 9.84 Å². The first-order chi connectivity index (χ1) is 9.54. The maximum absolute atomic E-state index is 11.4. The number of hydrogen-bond donors (Lipinski definition) is 1. The van der Waals surface area contributed by atoms with Crippen LogP contribution in [0.1, 0.15) is 18.9 Å². The van der Waals surface area contributed by atoms with E-state index >= 15 is 0 Å². The van der Waals surface area contributed by atoms with E-state index in [0.717, 1.165) is 5.56 Å². The van der Waals surface area contributed by atoms with Crippen molar-refractivity contribution in [1.29, 1.82) is 0 Å². The van der Waals surface area contributed by atoms with Crippen LogP contribution in [0.25, 0.3) is 0 Å². The molecule has 0 amide bonds. The molecule has 1 aromatic carbocycles. The lowest BCUT2D eigenvalue weighted by Crippen LogP contribution is -2.13. The Bertz CT molecular complexity index is 514. The number of sulfone groups is 1. The summed E-state index contributed by atoms with van der Waals surface area (Å²) in [6.45, 7) is 2.51. The van der Waals surface area contributed by atoms with Crippen LogP contribution < -0.4 is 15.2 Å². The van der Waals surface area contributed by atoms with E-state index in [1.165, 1.54) is 0 Å². The first kappa shape index (κ1) is 16.8. The van der Waals surface area contributed by atoms with Crippen molar-refractivity contribution < 1.29 is 17.9 Å². The van der Waals surface area contributed by atoms with Crippen molar-refractivity contribution in [3.63, 3.8) is 0 Å². The van der Waals surface area contributed by atoms with Gasteiger partial charge in [-0.1, -0.05) is 19.1 Å². The predicted molar refractivity (Wildman–Crippen MR) is 80.2 cm³/mol. The van der Waals surface area contributed by atoms with E-state index in [2.05, 4.69) is 0 Å². The van der Waals surface area contributed by atoms with E-state index in [-0.39, 0.29) is 11.5 Å². The van der Waals surface area contributed by atoms with Gasteiger partial charge in [0, 0.05) is 5.75 Å². The Kier molecular flexibility index (Phi) is 6.81. The minimum atomic E-state index is -2.94. The van der Waals surface area contributed by atoms with Gasteiger partial charge in [0.05, 0.1) is 19.5 Å². The van der Waals surface area contributed by atoms with E-state index in [9.17, 15) is 8.42 Å². The van der Waals surface area contributed by atoms with Gasteiger partial charge in [-0.25, -0.2) is 8.42 Å². The molecule has 0 radical (unpaired) electrons. The number of para-hydroxylation sites is 1. The highest BCUT2D eigenvalue weighted by Crippen LogP contribution is 2.31. The standard InChI is InChI=1S/C14H23NO4S/c1-3-20(16,17)11-5-10-19-14-12(8-9-15)6-4-7-13(14)18-2/h4,6-7H,3,5,8-11,15H2,1-2H3. The zero-order chi connectivity index (χ0) is 15.0. The molecule has 0 saturated carbocycles. The van der Waals surface area contributed by atoms with Crippen molar-refractivity contribution in [3.05, 3.63) is 23.8 Å². The summed E-state index contributed by atoms with van der Waals surface area (Å²) >= 11 is 0. The highest BCUT2D eigenvalue weighted by molar-refractivity contribution is 7.91. The Morgan fingerprint density at radius 1 is 1.30 bits per heavy atom. The zero-order valence-corrected chi connectivity index (χ0v) is 12.9. The molecule has 0 spiro atoms. The number of rotatable bonds is 9. The van der Waals surface area contributed by atoms with Crippen molar-refractivity contribution in [1.82, 2.24) is 0 Å². The van der Waals surface area contributed by atoms with Gasteiger partial charge < -0.3 is 15.2 Å². The smallest absolute Gasteiger partial charge is 0.164 e. The second-order valence-electron chi connectivity index (χ2n) is 4.43. The van der Waals surface area contributed by atoms with Gasteiger partial charge in [-0.2, -0.15) is 0 Å². The Morgan fingerprint density at radius 2 is 2.05 bits per heavy atom. The molecule has 0 aliphatic rings. The fourth-order valence-corrected chi connectivity index (χ4v) is 2.68. The first-order valence-corrected chi connectivity index (χ1v) is 8.55. The van der Waals surface area contributed by atoms with Crippen molar-refractivity contribution in [2.24, 2.45) is 5.73 Å². The average Bonchev–Trinajstić information content (AvgIpc) is 2.45. The predicted octanol–water partition coefficient (Wildman–Crippen LogP) is 1.40. The van der Waals surface area contributed by atoms with Crippen LogP contribution in [0, 0.1) is 0 Å². The molecule has 0 aliphatic carbocycles.